The number of nitrogens with zero attached hydrogens (tertiary/aromatic N) is 2. The molecule has 6 nitrogen and oxygen atoms in total. The molecule has 2 heterocycles. The molecule has 0 aliphatic heterocycles. The van der Waals surface area contributed by atoms with E-state index in [1.165, 1.54) is 4.57 Å². The van der Waals surface area contributed by atoms with Crippen molar-refractivity contribution in [2.24, 2.45) is 7.05 Å². The summed E-state index contributed by atoms with van der Waals surface area (Å²) in [6.45, 7) is 0. The second kappa shape index (κ2) is 3.85. The largest absolute Gasteiger partial charge is 0.419 e. The number of hydrogen-bond acceptors (Lipinski definition) is 4. The van der Waals surface area contributed by atoms with E-state index in [9.17, 15) is 9.90 Å². The highest BCUT2D eigenvalue weighted by Gasteiger charge is 2.14. The summed E-state index contributed by atoms with van der Waals surface area (Å²) in [6, 6.07) is 5.17. The monoisotopic (exact) mass is 245 g/mol. The number of hydrogen-bond donors (Lipinski definition) is 2. The first-order chi connectivity index (χ1) is 8.66. The Morgan fingerprint density at radius 1 is 1.44 bits per heavy atom. The van der Waals surface area contributed by atoms with E-state index in [4.69, 9.17) is 4.42 Å². The number of aromatic nitrogens is 3. The summed E-state index contributed by atoms with van der Waals surface area (Å²) >= 11 is 0. The maximum atomic E-state index is 11.4. The van der Waals surface area contributed by atoms with E-state index < -0.39 is 11.9 Å². The Balaban J connectivity index is 2.11. The predicted octanol–water partition coefficient (Wildman–Crippen LogP) is 0.936. The lowest BCUT2D eigenvalue weighted by molar-refractivity contribution is 0.220. The molecule has 0 fully saturated rings. The number of H-pyrrole nitrogens is 1. The second-order valence-electron chi connectivity index (χ2n) is 4.09. The molecule has 0 aliphatic carbocycles. The summed E-state index contributed by atoms with van der Waals surface area (Å²) in [5.41, 5.74) is 2.47. The Labute approximate surface area is 101 Å². The number of aliphatic hydroxyl groups is 1. The summed E-state index contributed by atoms with van der Waals surface area (Å²) in [4.78, 5) is 11.4. The minimum atomic E-state index is -0.793. The van der Waals surface area contributed by atoms with Crippen LogP contribution in [0.3, 0.4) is 0 Å². The van der Waals surface area contributed by atoms with Gasteiger partial charge in [-0.05, 0) is 17.7 Å². The van der Waals surface area contributed by atoms with Gasteiger partial charge in [-0.3, -0.25) is 9.67 Å². The first-order valence-corrected chi connectivity index (χ1v) is 5.43. The number of rotatable bonds is 2. The molecule has 18 heavy (non-hydrogen) atoms. The molecule has 0 aliphatic rings. The van der Waals surface area contributed by atoms with Crippen molar-refractivity contribution in [1.82, 2.24) is 14.8 Å². The van der Waals surface area contributed by atoms with Gasteiger partial charge in [0, 0.05) is 18.8 Å². The zero-order valence-electron chi connectivity index (χ0n) is 9.62. The normalized spacial score (nSPS) is 13.0. The minimum absolute atomic E-state index is 0.417. The fraction of sp³-hybridized carbons (Fsp3) is 0.167. The van der Waals surface area contributed by atoms with Crippen LogP contribution in [0.1, 0.15) is 17.2 Å². The molecule has 3 rings (SSSR count). The quantitative estimate of drug-likeness (QED) is 0.703. The van der Waals surface area contributed by atoms with Gasteiger partial charge < -0.3 is 9.52 Å². The molecule has 2 aromatic heterocycles. The van der Waals surface area contributed by atoms with Crippen LogP contribution in [-0.4, -0.2) is 19.9 Å². The van der Waals surface area contributed by atoms with Crippen molar-refractivity contribution < 1.29 is 9.52 Å². The van der Waals surface area contributed by atoms with Gasteiger partial charge in [-0.2, -0.15) is 5.10 Å². The third kappa shape index (κ3) is 1.54. The van der Waals surface area contributed by atoms with Crippen LogP contribution in [0.2, 0.25) is 0 Å². The average molecular weight is 245 g/mol. The van der Waals surface area contributed by atoms with Gasteiger partial charge in [-0.25, -0.2) is 4.79 Å². The Kier molecular flexibility index (Phi) is 2.31. The van der Waals surface area contributed by atoms with E-state index in [1.54, 1.807) is 37.6 Å². The summed E-state index contributed by atoms with van der Waals surface area (Å²) in [7, 11) is 1.64. The highest BCUT2D eigenvalue weighted by molar-refractivity contribution is 5.73. The van der Waals surface area contributed by atoms with E-state index >= 15 is 0 Å². The standard InChI is InChI=1S/C12H11N3O3/c1-15-9-3-2-7(4-10(9)18-12(15)17)11(16)8-5-13-14-6-8/h2-6,11,16H,1H3,(H,13,14). The molecule has 6 heteroatoms. The molecular formula is C12H11N3O3. The van der Waals surface area contributed by atoms with Gasteiger partial charge in [0.25, 0.3) is 0 Å². The second-order valence-corrected chi connectivity index (χ2v) is 4.09. The molecule has 0 saturated carbocycles. The van der Waals surface area contributed by atoms with Gasteiger partial charge in [-0.15, -0.1) is 0 Å². The van der Waals surface area contributed by atoms with Crippen LogP contribution in [0.4, 0.5) is 0 Å². The van der Waals surface area contributed by atoms with Crippen LogP contribution < -0.4 is 5.76 Å². The summed E-state index contributed by atoms with van der Waals surface area (Å²) in [5.74, 6) is -0.417. The molecule has 1 unspecified atom stereocenters. The lowest BCUT2D eigenvalue weighted by Gasteiger charge is -2.08. The van der Waals surface area contributed by atoms with Crippen LogP contribution in [0.25, 0.3) is 11.1 Å². The molecule has 0 spiro atoms. The van der Waals surface area contributed by atoms with Crippen molar-refractivity contribution in [3.05, 3.63) is 52.3 Å². The molecule has 1 atom stereocenters. The minimum Gasteiger partial charge on any atom is -0.408 e. The fourth-order valence-electron chi connectivity index (χ4n) is 1.92. The molecule has 92 valence electrons. The maximum absolute atomic E-state index is 11.4. The van der Waals surface area contributed by atoms with Gasteiger partial charge in [0.15, 0.2) is 5.58 Å². The molecule has 1 aromatic carbocycles. The predicted molar refractivity (Wildman–Crippen MR) is 64.1 cm³/mol. The highest BCUT2D eigenvalue weighted by Crippen LogP contribution is 2.24. The molecule has 0 amide bonds. The van der Waals surface area contributed by atoms with Crippen molar-refractivity contribution >= 4 is 11.1 Å². The van der Waals surface area contributed by atoms with Crippen LogP contribution in [0, 0.1) is 0 Å². The molecule has 0 radical (unpaired) electrons. The number of fused-ring (bicyclic) bond motifs is 1. The van der Waals surface area contributed by atoms with Gasteiger partial charge >= 0.3 is 5.76 Å². The fourth-order valence-corrected chi connectivity index (χ4v) is 1.92. The lowest BCUT2D eigenvalue weighted by atomic mass is 10.0. The zero-order valence-corrected chi connectivity index (χ0v) is 9.62. The van der Waals surface area contributed by atoms with Crippen LogP contribution in [0.15, 0.2) is 39.8 Å². The third-order valence-electron chi connectivity index (χ3n) is 2.97. The van der Waals surface area contributed by atoms with Gasteiger partial charge in [-0.1, -0.05) is 6.07 Å². The highest BCUT2D eigenvalue weighted by atomic mass is 16.4. The molecule has 3 aromatic rings. The summed E-state index contributed by atoms with van der Waals surface area (Å²) < 4.78 is 6.50. The van der Waals surface area contributed by atoms with Gasteiger partial charge in [0.05, 0.1) is 11.7 Å². The number of aromatic amines is 1. The van der Waals surface area contributed by atoms with E-state index in [0.717, 1.165) is 0 Å². The van der Waals surface area contributed by atoms with Crippen molar-refractivity contribution in [3.63, 3.8) is 0 Å². The average Bonchev–Trinajstić information content (AvgIpc) is 2.98. The smallest absolute Gasteiger partial charge is 0.408 e. The van der Waals surface area contributed by atoms with E-state index in [-0.39, 0.29) is 0 Å². The third-order valence-corrected chi connectivity index (χ3v) is 2.97. The first-order valence-electron chi connectivity index (χ1n) is 5.43. The van der Waals surface area contributed by atoms with Crippen LogP contribution >= 0.6 is 0 Å². The summed E-state index contributed by atoms with van der Waals surface area (Å²) in [5, 5.41) is 16.6. The number of nitrogens with one attached hydrogen (secondary N) is 1. The van der Waals surface area contributed by atoms with Crippen molar-refractivity contribution in [2.45, 2.75) is 6.10 Å². The van der Waals surface area contributed by atoms with E-state index in [0.29, 0.717) is 22.2 Å². The Hall–Kier alpha value is -2.34. The van der Waals surface area contributed by atoms with Crippen LogP contribution in [-0.2, 0) is 7.05 Å². The topological polar surface area (TPSA) is 84.1 Å². The molecule has 0 bridgehead atoms. The van der Waals surface area contributed by atoms with E-state index in [2.05, 4.69) is 10.2 Å². The van der Waals surface area contributed by atoms with Crippen LogP contribution in [0.5, 0.6) is 0 Å². The van der Waals surface area contributed by atoms with Crippen molar-refractivity contribution in [1.29, 1.82) is 0 Å². The SMILES string of the molecule is Cn1c(=O)oc2cc(C(O)c3cn[nH]c3)ccc21. The Morgan fingerprint density at radius 3 is 3.00 bits per heavy atom. The van der Waals surface area contributed by atoms with Crippen molar-refractivity contribution in [3.8, 4) is 0 Å². The summed E-state index contributed by atoms with van der Waals surface area (Å²) in [6.07, 6.45) is 2.38. The molecule has 0 saturated heterocycles. The number of aryl methyl sites for hydroxylation is 1. The Morgan fingerprint density at radius 2 is 2.28 bits per heavy atom. The van der Waals surface area contributed by atoms with E-state index in [1.807, 2.05) is 0 Å². The van der Waals surface area contributed by atoms with Gasteiger partial charge in [0.1, 0.15) is 6.10 Å². The Bertz CT molecular complexity index is 740. The van der Waals surface area contributed by atoms with Gasteiger partial charge in [0.2, 0.25) is 0 Å². The number of aliphatic hydroxyl groups excluding tert-OH is 1. The number of benzene rings is 1. The first kappa shape index (κ1) is 10.8. The van der Waals surface area contributed by atoms with Crippen molar-refractivity contribution in [2.75, 3.05) is 0 Å². The maximum Gasteiger partial charge on any atom is 0.419 e. The molecular weight excluding hydrogens is 234 g/mol. The number of oxazole rings is 1. The zero-order chi connectivity index (χ0) is 12.7. The lowest BCUT2D eigenvalue weighted by Crippen LogP contribution is -2.08. The molecule has 2 N–H and O–H groups in total.